The van der Waals surface area contributed by atoms with Crippen LogP contribution in [0.2, 0.25) is 0 Å². The monoisotopic (exact) mass is 410 g/mol. The van der Waals surface area contributed by atoms with Crippen molar-refractivity contribution in [2.45, 2.75) is 31.4 Å². The fourth-order valence-electron chi connectivity index (χ4n) is 2.75. The van der Waals surface area contributed by atoms with Crippen LogP contribution in [0.5, 0.6) is 0 Å². The molecule has 3 aromatic rings. The molecule has 0 unspecified atom stereocenters. The fourth-order valence-corrected chi connectivity index (χ4v) is 3.40. The van der Waals surface area contributed by atoms with E-state index in [0.29, 0.717) is 12.1 Å². The minimum atomic E-state index is -9.75. The van der Waals surface area contributed by atoms with Gasteiger partial charge < -0.3 is 10.1 Å². The predicted molar refractivity (Wildman–Crippen MR) is 90.5 cm³/mol. The van der Waals surface area contributed by atoms with Crippen molar-refractivity contribution in [1.82, 2.24) is 19.7 Å². The molecule has 0 bridgehead atoms. The van der Waals surface area contributed by atoms with E-state index in [2.05, 4.69) is 15.1 Å². The Hall–Kier alpha value is -2.47. The van der Waals surface area contributed by atoms with Gasteiger partial charge in [0.2, 0.25) is 0 Å². The highest BCUT2D eigenvalue weighted by molar-refractivity contribution is 8.45. The number of hydrogen-bond acceptors (Lipinski definition) is 4. The Balaban J connectivity index is 2.12. The van der Waals surface area contributed by atoms with Gasteiger partial charge >= 0.3 is 10.2 Å². The number of aromatic nitrogens is 4. The van der Waals surface area contributed by atoms with Crippen LogP contribution < -0.4 is 5.56 Å². The second-order valence-corrected chi connectivity index (χ2v) is 8.52. The first-order valence-electron chi connectivity index (χ1n) is 7.64. The van der Waals surface area contributed by atoms with Gasteiger partial charge in [0.1, 0.15) is 21.8 Å². The molecule has 0 saturated heterocycles. The summed E-state index contributed by atoms with van der Waals surface area (Å²) in [5.74, 6) is 0.279. The minimum Gasteiger partial charge on any atom is -0.390 e. The Morgan fingerprint density at radius 3 is 2.30 bits per heavy atom. The largest absolute Gasteiger partial charge is 0.390 e. The molecule has 0 amide bonds. The summed E-state index contributed by atoms with van der Waals surface area (Å²) >= 11 is 0. The molecule has 6 nitrogen and oxygen atoms in total. The molecule has 0 radical (unpaired) electrons. The summed E-state index contributed by atoms with van der Waals surface area (Å²) in [6, 6.07) is 1.75. The van der Waals surface area contributed by atoms with E-state index in [4.69, 9.17) is 0 Å². The number of hydrogen-bond donors (Lipinski definition) is 2. The Labute approximate surface area is 149 Å². The first kappa shape index (κ1) is 19.3. The number of aromatic amines is 1. The van der Waals surface area contributed by atoms with Crippen molar-refractivity contribution in [2.24, 2.45) is 0 Å². The van der Waals surface area contributed by atoms with Gasteiger partial charge in [-0.05, 0) is 31.5 Å². The number of H-pyrrole nitrogens is 1. The molecule has 27 heavy (non-hydrogen) atoms. The standard InChI is InChI=1S/C15H15F5N4O2S/c1-8(10-3-5-11(6-4-10)27(16,17,18,19)20)24-14-13(12(7-25)23-24)15(26)22-9(2)21-14/h3-6,8,25H,7H2,1-2H3,(H,21,22,26)/t8-/m0/s1. The first-order valence-corrected chi connectivity index (χ1v) is 9.59. The molecule has 2 heterocycles. The lowest BCUT2D eigenvalue weighted by atomic mass is 10.1. The van der Waals surface area contributed by atoms with Crippen LogP contribution >= 0.6 is 10.2 Å². The van der Waals surface area contributed by atoms with Gasteiger partial charge in [-0.15, -0.1) is 0 Å². The van der Waals surface area contributed by atoms with Crippen LogP contribution in [-0.2, 0) is 6.61 Å². The highest BCUT2D eigenvalue weighted by Gasteiger charge is 2.65. The smallest absolute Gasteiger partial charge is 0.310 e. The topological polar surface area (TPSA) is 83.8 Å². The van der Waals surface area contributed by atoms with Crippen LogP contribution in [0, 0.1) is 6.92 Å². The summed E-state index contributed by atoms with van der Waals surface area (Å²) in [4.78, 5) is 16.8. The lowest BCUT2D eigenvalue weighted by molar-refractivity contribution is 0.276. The third-order valence-corrected chi connectivity index (χ3v) is 5.24. The van der Waals surface area contributed by atoms with Gasteiger partial charge in [-0.3, -0.25) is 4.79 Å². The number of benzene rings is 1. The van der Waals surface area contributed by atoms with Gasteiger partial charge in [0.05, 0.1) is 12.6 Å². The van der Waals surface area contributed by atoms with Gasteiger partial charge in [0.15, 0.2) is 5.65 Å². The van der Waals surface area contributed by atoms with E-state index in [1.807, 2.05) is 0 Å². The molecule has 0 aliphatic rings. The molecular formula is C15H15F5N4O2S. The molecule has 2 N–H and O–H groups in total. The second kappa shape index (κ2) is 5.29. The lowest BCUT2D eigenvalue weighted by Crippen LogP contribution is -2.13. The Morgan fingerprint density at radius 1 is 1.19 bits per heavy atom. The third kappa shape index (κ3) is 3.54. The second-order valence-electron chi connectivity index (χ2n) is 6.11. The molecule has 0 saturated carbocycles. The van der Waals surface area contributed by atoms with Crippen molar-refractivity contribution < 1.29 is 24.5 Å². The highest BCUT2D eigenvalue weighted by Crippen LogP contribution is 3.02. The lowest BCUT2D eigenvalue weighted by Gasteiger charge is -2.40. The Morgan fingerprint density at radius 2 is 1.78 bits per heavy atom. The number of halogens is 5. The van der Waals surface area contributed by atoms with Crippen molar-refractivity contribution >= 4 is 21.3 Å². The van der Waals surface area contributed by atoms with E-state index in [0.717, 1.165) is 12.1 Å². The molecule has 1 atom stereocenters. The molecule has 12 heteroatoms. The van der Waals surface area contributed by atoms with Gasteiger partial charge in [0.25, 0.3) is 5.56 Å². The molecule has 0 aliphatic carbocycles. The number of aryl methyl sites for hydroxylation is 1. The van der Waals surface area contributed by atoms with Gasteiger partial charge in [-0.25, -0.2) is 9.67 Å². The Bertz CT molecular complexity index is 1090. The quantitative estimate of drug-likeness (QED) is 0.632. The summed E-state index contributed by atoms with van der Waals surface area (Å²) in [5, 5.41) is 13.6. The van der Waals surface area contributed by atoms with E-state index in [1.54, 1.807) is 6.92 Å². The van der Waals surface area contributed by atoms with Crippen LogP contribution in [0.4, 0.5) is 19.4 Å². The third-order valence-electron chi connectivity index (χ3n) is 4.08. The Kier molecular flexibility index (Phi) is 3.78. The number of rotatable bonds is 4. The van der Waals surface area contributed by atoms with Crippen LogP contribution in [0.3, 0.4) is 0 Å². The average molecular weight is 410 g/mol. The van der Waals surface area contributed by atoms with E-state index in [-0.39, 0.29) is 28.1 Å². The number of aliphatic hydroxyl groups is 1. The maximum absolute atomic E-state index is 12.9. The van der Waals surface area contributed by atoms with Gasteiger partial charge in [-0.2, -0.15) is 5.10 Å². The molecule has 148 valence electrons. The van der Waals surface area contributed by atoms with E-state index < -0.39 is 33.3 Å². The molecule has 0 spiro atoms. The van der Waals surface area contributed by atoms with Crippen molar-refractivity contribution in [1.29, 1.82) is 0 Å². The number of aliphatic hydroxyl groups excluding tert-OH is 1. The van der Waals surface area contributed by atoms with Crippen molar-refractivity contribution in [3.8, 4) is 0 Å². The summed E-state index contributed by atoms with van der Waals surface area (Å²) < 4.78 is 65.5. The highest BCUT2D eigenvalue weighted by atomic mass is 32.5. The molecule has 0 fully saturated rings. The van der Waals surface area contributed by atoms with Crippen molar-refractivity contribution in [2.75, 3.05) is 0 Å². The molecule has 3 rings (SSSR count). The zero-order valence-corrected chi connectivity index (χ0v) is 14.9. The molecule has 1 aromatic carbocycles. The van der Waals surface area contributed by atoms with Crippen molar-refractivity contribution in [3.63, 3.8) is 0 Å². The summed E-state index contributed by atoms with van der Waals surface area (Å²) in [7, 11) is -9.75. The molecular weight excluding hydrogens is 395 g/mol. The van der Waals surface area contributed by atoms with Crippen molar-refractivity contribution in [3.05, 3.63) is 51.7 Å². The zero-order chi connectivity index (χ0) is 20.3. The van der Waals surface area contributed by atoms with E-state index in [9.17, 15) is 29.3 Å². The van der Waals surface area contributed by atoms with Crippen LogP contribution in [0.15, 0.2) is 34.0 Å². The molecule has 2 aromatic heterocycles. The van der Waals surface area contributed by atoms with Crippen LogP contribution in [0.1, 0.15) is 30.0 Å². The van der Waals surface area contributed by atoms with Crippen LogP contribution in [0.25, 0.3) is 11.0 Å². The van der Waals surface area contributed by atoms with E-state index >= 15 is 0 Å². The fraction of sp³-hybridized carbons (Fsp3) is 0.267. The average Bonchev–Trinajstić information content (AvgIpc) is 2.91. The maximum Gasteiger partial charge on any atom is 0.310 e. The summed E-state index contributed by atoms with van der Waals surface area (Å²) in [6.07, 6.45) is 0. The molecule has 0 aliphatic heterocycles. The SMILES string of the molecule is Cc1nc2c(c(CO)nn2[C@@H](C)c2ccc(S(F)(F)(F)(F)F)cc2)c(=O)[nH]1. The predicted octanol–water partition coefficient (Wildman–Crippen LogP) is 4.19. The summed E-state index contributed by atoms with van der Waals surface area (Å²) in [6.45, 7) is 2.54. The number of nitrogens with one attached hydrogen (secondary N) is 1. The van der Waals surface area contributed by atoms with Gasteiger partial charge in [-0.1, -0.05) is 31.6 Å². The zero-order valence-electron chi connectivity index (χ0n) is 14.1. The first-order chi connectivity index (χ1) is 12.2. The normalized spacial score (nSPS) is 16.1. The minimum absolute atomic E-state index is 0.0502. The number of fused-ring (bicyclic) bond motifs is 1. The van der Waals surface area contributed by atoms with Gasteiger partial charge in [0, 0.05) is 0 Å². The maximum atomic E-state index is 12.9. The number of nitrogens with zero attached hydrogens (tertiary/aromatic N) is 3. The van der Waals surface area contributed by atoms with Crippen LogP contribution in [-0.4, -0.2) is 24.9 Å². The van der Waals surface area contributed by atoms with E-state index in [1.165, 1.54) is 11.6 Å². The summed E-state index contributed by atoms with van der Waals surface area (Å²) in [5.41, 5.74) is -0.0932.